The number of hydrogen-bond acceptors (Lipinski definition) is 4. The largest absolute Gasteiger partial charge is 0.344 e. The van der Waals surface area contributed by atoms with Crippen LogP contribution < -0.4 is 5.32 Å². The number of rotatable bonds is 7. The van der Waals surface area contributed by atoms with E-state index in [1.807, 2.05) is 30.6 Å². The number of fused-ring (bicyclic) bond motifs is 3. The van der Waals surface area contributed by atoms with E-state index in [0.29, 0.717) is 5.84 Å². The molecule has 0 spiro atoms. The highest BCUT2D eigenvalue weighted by Gasteiger charge is 2.35. The fraction of sp³-hybridized carbons (Fsp3) is 0.0755. The lowest BCUT2D eigenvalue weighted by molar-refractivity contribution is 0.660. The highest BCUT2D eigenvalue weighted by molar-refractivity contribution is 6.14. The summed E-state index contributed by atoms with van der Waals surface area (Å²) in [6, 6.07) is 64.9. The number of pyridine rings is 1. The van der Waals surface area contributed by atoms with E-state index in [9.17, 15) is 0 Å². The maximum Gasteiger partial charge on any atom is 0.159 e. The molecule has 1 unspecified atom stereocenters. The van der Waals surface area contributed by atoms with Crippen LogP contribution in [0.15, 0.2) is 204 Å². The van der Waals surface area contributed by atoms with E-state index in [4.69, 9.17) is 9.98 Å². The fourth-order valence-electron chi connectivity index (χ4n) is 8.36. The molecule has 1 aliphatic carbocycles. The summed E-state index contributed by atoms with van der Waals surface area (Å²) in [5, 5.41) is 3.66. The Morgan fingerprint density at radius 1 is 0.439 bits per heavy atom. The number of aromatic nitrogens is 1. The van der Waals surface area contributed by atoms with Gasteiger partial charge in [0.2, 0.25) is 0 Å². The lowest BCUT2D eigenvalue weighted by atomic mass is 9.82. The van der Waals surface area contributed by atoms with Crippen molar-refractivity contribution in [2.45, 2.75) is 25.4 Å². The minimum atomic E-state index is -0.313. The van der Waals surface area contributed by atoms with Crippen LogP contribution in [0.2, 0.25) is 0 Å². The Kier molecular flexibility index (Phi) is 8.53. The Morgan fingerprint density at radius 3 is 1.70 bits per heavy atom. The normalized spacial score (nSPS) is 15.2. The van der Waals surface area contributed by atoms with E-state index in [-0.39, 0.29) is 11.6 Å². The molecular formula is C53H40N4. The highest BCUT2D eigenvalue weighted by Crippen LogP contribution is 2.49. The summed E-state index contributed by atoms with van der Waals surface area (Å²) in [6.07, 6.45) is 3.40. The molecule has 7 aromatic carbocycles. The Labute approximate surface area is 334 Å². The second kappa shape index (κ2) is 14.2. The molecule has 0 saturated heterocycles. The second-order valence-corrected chi connectivity index (χ2v) is 15.4. The van der Waals surface area contributed by atoms with Crippen LogP contribution in [-0.4, -0.2) is 16.7 Å². The van der Waals surface area contributed by atoms with Crippen LogP contribution in [0.5, 0.6) is 0 Å². The van der Waals surface area contributed by atoms with Crippen LogP contribution in [0.4, 0.5) is 0 Å². The Hall–Kier alpha value is -7.17. The van der Waals surface area contributed by atoms with Crippen molar-refractivity contribution >= 4 is 11.7 Å². The minimum Gasteiger partial charge on any atom is -0.344 e. The SMILES string of the molecule is CC1(C)c2ccccc2-c2cc(-c3cc(C4=NC(c5ccccc5)NC(c5ccc(-c6ccccc6)cc5)=N4)cc(-c4ccc(-c5cccnc5)cc4)c3)ccc21. The molecule has 0 fully saturated rings. The molecule has 2 heterocycles. The molecule has 1 aliphatic heterocycles. The topological polar surface area (TPSA) is 49.6 Å². The summed E-state index contributed by atoms with van der Waals surface area (Å²) in [6.45, 7) is 4.66. The molecule has 2 aliphatic rings. The van der Waals surface area contributed by atoms with Crippen LogP contribution in [0, 0.1) is 0 Å². The highest BCUT2D eigenvalue weighted by atomic mass is 15.2. The molecule has 4 nitrogen and oxygen atoms in total. The Bertz CT molecular complexity index is 2800. The van der Waals surface area contributed by atoms with Crippen LogP contribution in [0.25, 0.3) is 55.6 Å². The van der Waals surface area contributed by atoms with Crippen molar-refractivity contribution in [3.63, 3.8) is 0 Å². The number of nitrogens with one attached hydrogen (secondary N) is 1. The maximum absolute atomic E-state index is 5.30. The number of amidine groups is 2. The van der Waals surface area contributed by atoms with E-state index in [1.54, 1.807) is 0 Å². The van der Waals surface area contributed by atoms with Crippen molar-refractivity contribution in [1.29, 1.82) is 0 Å². The summed E-state index contributed by atoms with van der Waals surface area (Å²) in [5.41, 5.74) is 17.4. The van der Waals surface area contributed by atoms with Gasteiger partial charge in [0.1, 0.15) is 12.0 Å². The van der Waals surface area contributed by atoms with Gasteiger partial charge >= 0.3 is 0 Å². The predicted octanol–water partition coefficient (Wildman–Crippen LogP) is 12.6. The van der Waals surface area contributed by atoms with Gasteiger partial charge in [-0.2, -0.15) is 0 Å². The van der Waals surface area contributed by atoms with Crippen LogP contribution in [-0.2, 0) is 5.41 Å². The molecule has 1 N–H and O–H groups in total. The molecule has 8 aromatic rings. The zero-order valence-corrected chi connectivity index (χ0v) is 31.9. The minimum absolute atomic E-state index is 0.0613. The third kappa shape index (κ3) is 6.45. The summed E-state index contributed by atoms with van der Waals surface area (Å²) in [5.74, 6) is 1.48. The molecule has 0 amide bonds. The van der Waals surface area contributed by atoms with Crippen molar-refractivity contribution in [2.24, 2.45) is 9.98 Å². The first-order valence-corrected chi connectivity index (χ1v) is 19.5. The lowest BCUT2D eigenvalue weighted by Gasteiger charge is -2.24. The Balaban J connectivity index is 1.12. The average molecular weight is 733 g/mol. The van der Waals surface area contributed by atoms with Gasteiger partial charge in [0, 0.05) is 28.9 Å². The van der Waals surface area contributed by atoms with Crippen molar-refractivity contribution in [1.82, 2.24) is 10.3 Å². The second-order valence-electron chi connectivity index (χ2n) is 15.4. The molecule has 0 bridgehead atoms. The smallest absolute Gasteiger partial charge is 0.159 e. The van der Waals surface area contributed by atoms with Crippen LogP contribution >= 0.6 is 0 Å². The van der Waals surface area contributed by atoms with Gasteiger partial charge in [0.25, 0.3) is 0 Å². The number of aliphatic imine (C=N–C) groups is 2. The van der Waals surface area contributed by atoms with E-state index in [0.717, 1.165) is 61.5 Å². The van der Waals surface area contributed by atoms with Gasteiger partial charge in [-0.05, 0) is 103 Å². The maximum atomic E-state index is 5.30. The van der Waals surface area contributed by atoms with Crippen molar-refractivity contribution < 1.29 is 0 Å². The molecule has 10 rings (SSSR count). The number of benzene rings is 7. The van der Waals surface area contributed by atoms with E-state index >= 15 is 0 Å². The van der Waals surface area contributed by atoms with Gasteiger partial charge in [-0.15, -0.1) is 0 Å². The average Bonchev–Trinajstić information content (AvgIpc) is 3.52. The molecule has 4 heteroatoms. The van der Waals surface area contributed by atoms with Gasteiger partial charge < -0.3 is 5.32 Å². The monoisotopic (exact) mass is 732 g/mol. The van der Waals surface area contributed by atoms with Gasteiger partial charge in [-0.1, -0.05) is 166 Å². The lowest BCUT2D eigenvalue weighted by Crippen LogP contribution is -2.33. The zero-order chi connectivity index (χ0) is 38.3. The summed E-state index contributed by atoms with van der Waals surface area (Å²) < 4.78 is 0. The zero-order valence-electron chi connectivity index (χ0n) is 31.9. The van der Waals surface area contributed by atoms with Crippen molar-refractivity contribution in [2.75, 3.05) is 0 Å². The van der Waals surface area contributed by atoms with Gasteiger partial charge in [0.15, 0.2) is 5.84 Å². The van der Waals surface area contributed by atoms with Crippen molar-refractivity contribution in [3.8, 4) is 55.6 Å². The van der Waals surface area contributed by atoms with E-state index < -0.39 is 0 Å². The van der Waals surface area contributed by atoms with Crippen LogP contribution in [0.3, 0.4) is 0 Å². The number of hydrogen-bond donors (Lipinski definition) is 1. The first-order chi connectivity index (χ1) is 28.0. The third-order valence-corrected chi connectivity index (χ3v) is 11.4. The molecule has 1 atom stereocenters. The standard InChI is InChI=1S/C53H40N4/c1-53(2)48-18-10-9-17-46(48)47-33-41(27-28-49(47)53)44-30-43(38-21-19-37(20-22-38)42-16-11-29-54-34-42)31-45(32-44)52-56-50(39-14-7-4-8-15-39)55-51(57-52)40-25-23-36(24-26-40)35-12-5-3-6-13-35/h3-34,50H,1-2H3,(H,55,56,57). The predicted molar refractivity (Wildman–Crippen MR) is 235 cm³/mol. The number of nitrogens with zero attached hydrogens (tertiary/aromatic N) is 3. The van der Waals surface area contributed by atoms with Crippen molar-refractivity contribution in [3.05, 3.63) is 222 Å². The summed E-state index contributed by atoms with van der Waals surface area (Å²) in [7, 11) is 0. The van der Waals surface area contributed by atoms with Gasteiger partial charge in [-0.25, -0.2) is 9.98 Å². The molecule has 57 heavy (non-hydrogen) atoms. The fourth-order valence-corrected chi connectivity index (χ4v) is 8.36. The molecular weight excluding hydrogens is 693 g/mol. The van der Waals surface area contributed by atoms with Gasteiger partial charge in [0.05, 0.1) is 0 Å². The first kappa shape index (κ1) is 34.3. The van der Waals surface area contributed by atoms with Gasteiger partial charge in [-0.3, -0.25) is 4.98 Å². The first-order valence-electron chi connectivity index (χ1n) is 19.5. The third-order valence-electron chi connectivity index (χ3n) is 11.4. The quantitative estimate of drug-likeness (QED) is 0.177. The van der Waals surface area contributed by atoms with E-state index in [1.165, 1.54) is 27.8 Å². The Morgan fingerprint density at radius 2 is 0.982 bits per heavy atom. The molecule has 0 radical (unpaired) electrons. The van der Waals surface area contributed by atoms with E-state index in [2.05, 4.69) is 188 Å². The summed E-state index contributed by atoms with van der Waals surface area (Å²) >= 11 is 0. The molecule has 1 aromatic heterocycles. The van der Waals surface area contributed by atoms with Crippen LogP contribution in [0.1, 0.15) is 47.8 Å². The molecule has 0 saturated carbocycles. The molecule has 272 valence electrons. The summed E-state index contributed by atoms with van der Waals surface area (Å²) in [4.78, 5) is 14.9.